The molecule has 0 N–H and O–H groups in total. The van der Waals surface area contributed by atoms with Gasteiger partial charge in [0, 0.05) is 38.2 Å². The zero-order valence-electron chi connectivity index (χ0n) is 29.0. The number of para-hydroxylation sites is 3. The first kappa shape index (κ1) is 30.4. The highest BCUT2D eigenvalue weighted by Gasteiger charge is 2.37. The number of hydrogen-bond acceptors (Lipinski definition) is 2. The van der Waals surface area contributed by atoms with Crippen LogP contribution in [0.15, 0.2) is 140 Å². The van der Waals surface area contributed by atoms with E-state index < -0.39 is 0 Å². The van der Waals surface area contributed by atoms with Crippen molar-refractivity contribution in [2.75, 3.05) is 0 Å². The van der Waals surface area contributed by atoms with Crippen LogP contribution < -0.4 is 0 Å². The lowest BCUT2D eigenvalue weighted by Crippen LogP contribution is -2.14. The zero-order chi connectivity index (χ0) is 36.0. The summed E-state index contributed by atoms with van der Waals surface area (Å²) in [5.74, 6) is 0. The van der Waals surface area contributed by atoms with Crippen LogP contribution in [0.5, 0.6) is 0 Å². The minimum Gasteiger partial charge on any atom is -0.309 e. The Morgan fingerprint density at radius 1 is 0.566 bits per heavy atom. The Kier molecular flexibility index (Phi) is 6.35. The quantitative estimate of drug-likeness (QED) is 0.175. The number of aromatic nitrogens is 2. The van der Waals surface area contributed by atoms with E-state index in [9.17, 15) is 10.5 Å². The van der Waals surface area contributed by atoms with Gasteiger partial charge in [-0.3, -0.25) is 0 Å². The fourth-order valence-corrected chi connectivity index (χ4v) is 8.90. The molecule has 0 aliphatic heterocycles. The molecule has 0 spiro atoms. The van der Waals surface area contributed by atoms with Crippen molar-refractivity contribution in [3.05, 3.63) is 173 Å². The Balaban J connectivity index is 1.22. The van der Waals surface area contributed by atoms with Crippen LogP contribution in [0.3, 0.4) is 0 Å². The number of rotatable bonds is 3. The van der Waals surface area contributed by atoms with Crippen molar-refractivity contribution in [1.82, 2.24) is 9.13 Å². The van der Waals surface area contributed by atoms with Gasteiger partial charge < -0.3 is 9.13 Å². The SMILES string of the molecule is [C-]#[N+]c1c(-c2ccc(-n3c4ccccc4c4ccccc43)cc2C#N)ccc(-n2c3ccccc3c3ccc4c(c32)-c2ccccc2C4(C)C)c1C#N. The van der Waals surface area contributed by atoms with Gasteiger partial charge in [0.15, 0.2) is 0 Å². The molecule has 0 saturated carbocycles. The van der Waals surface area contributed by atoms with Crippen LogP contribution in [0.4, 0.5) is 5.69 Å². The molecule has 5 heteroatoms. The standard InChI is InChI=1S/C48H29N5/c1-48(2)39-16-8-4-15-37(39)45-40(48)24-22-36-34-14-7-11-19-43(34)53(47(36)45)44-25-23-35(46(51-3)38(44)28-50)31-21-20-30(26-29(31)27-49)52-41-17-9-5-12-32(41)33-13-6-10-18-42(33)52/h4-26H,1-2H3. The summed E-state index contributed by atoms with van der Waals surface area (Å²) in [7, 11) is 0. The van der Waals surface area contributed by atoms with Crippen LogP contribution >= 0.6 is 0 Å². The average Bonchev–Trinajstić information content (AvgIpc) is 3.80. The molecule has 0 bridgehead atoms. The first-order valence-electron chi connectivity index (χ1n) is 17.6. The van der Waals surface area contributed by atoms with E-state index in [1.807, 2.05) is 66.7 Å². The van der Waals surface area contributed by atoms with Gasteiger partial charge in [0.05, 0.1) is 57.6 Å². The maximum absolute atomic E-state index is 10.9. The van der Waals surface area contributed by atoms with E-state index in [-0.39, 0.29) is 16.7 Å². The Morgan fingerprint density at radius 3 is 1.83 bits per heavy atom. The molecule has 246 valence electrons. The van der Waals surface area contributed by atoms with Crippen LogP contribution in [-0.2, 0) is 5.41 Å². The molecule has 2 aromatic heterocycles. The van der Waals surface area contributed by atoms with Crippen LogP contribution in [0.2, 0.25) is 0 Å². The summed E-state index contributed by atoms with van der Waals surface area (Å²) in [4.78, 5) is 4.01. The van der Waals surface area contributed by atoms with Gasteiger partial charge in [0.1, 0.15) is 0 Å². The van der Waals surface area contributed by atoms with Gasteiger partial charge in [0.25, 0.3) is 0 Å². The summed E-state index contributed by atoms with van der Waals surface area (Å²) < 4.78 is 4.35. The van der Waals surface area contributed by atoms with E-state index in [0.717, 1.165) is 54.9 Å². The molecule has 5 nitrogen and oxygen atoms in total. The van der Waals surface area contributed by atoms with Crippen molar-refractivity contribution in [2.45, 2.75) is 19.3 Å². The molecule has 53 heavy (non-hydrogen) atoms. The third-order valence-electron chi connectivity index (χ3n) is 11.3. The molecule has 0 saturated heterocycles. The molecule has 9 aromatic rings. The maximum Gasteiger partial charge on any atom is 0.214 e. The van der Waals surface area contributed by atoms with E-state index in [1.165, 1.54) is 16.7 Å². The Labute approximate surface area is 306 Å². The molecule has 10 rings (SSSR count). The van der Waals surface area contributed by atoms with Crippen molar-refractivity contribution >= 4 is 49.3 Å². The number of nitriles is 2. The molecule has 0 fully saturated rings. The van der Waals surface area contributed by atoms with E-state index in [1.54, 1.807) is 0 Å². The lowest BCUT2D eigenvalue weighted by molar-refractivity contribution is 0.661. The molecule has 2 heterocycles. The summed E-state index contributed by atoms with van der Waals surface area (Å²) in [5.41, 5.74) is 12.3. The average molecular weight is 676 g/mol. The minimum absolute atomic E-state index is 0.204. The van der Waals surface area contributed by atoms with Crippen LogP contribution in [0, 0.1) is 29.2 Å². The molecule has 0 unspecified atom stereocenters. The lowest BCUT2D eigenvalue weighted by atomic mass is 9.82. The Hall–Kier alpha value is -7.39. The molecule has 0 atom stereocenters. The number of fused-ring (bicyclic) bond motifs is 10. The molecule has 1 aliphatic rings. The van der Waals surface area contributed by atoms with Gasteiger partial charge in [-0.1, -0.05) is 117 Å². The van der Waals surface area contributed by atoms with E-state index in [2.05, 4.69) is 113 Å². The van der Waals surface area contributed by atoms with Gasteiger partial charge in [-0.05, 0) is 64.2 Å². The number of benzene rings is 7. The summed E-state index contributed by atoms with van der Waals surface area (Å²) in [6, 6.07) is 52.3. The van der Waals surface area contributed by atoms with Gasteiger partial charge in [-0.25, -0.2) is 4.85 Å². The van der Waals surface area contributed by atoms with E-state index >= 15 is 0 Å². The lowest BCUT2D eigenvalue weighted by Gasteiger charge is -2.21. The van der Waals surface area contributed by atoms with Gasteiger partial charge in [-0.2, -0.15) is 10.5 Å². The van der Waals surface area contributed by atoms with E-state index in [0.29, 0.717) is 22.4 Å². The normalized spacial score (nSPS) is 12.8. The van der Waals surface area contributed by atoms with Gasteiger partial charge in [0.2, 0.25) is 5.69 Å². The molecule has 0 amide bonds. The first-order valence-corrected chi connectivity index (χ1v) is 17.6. The van der Waals surface area contributed by atoms with Gasteiger partial charge in [-0.15, -0.1) is 0 Å². The highest BCUT2D eigenvalue weighted by atomic mass is 15.0. The molecule has 7 aromatic carbocycles. The summed E-state index contributed by atoms with van der Waals surface area (Å²) in [6.45, 7) is 13.0. The summed E-state index contributed by atoms with van der Waals surface area (Å²) in [5, 5.41) is 25.9. The van der Waals surface area contributed by atoms with Crippen molar-refractivity contribution in [3.8, 4) is 45.8 Å². The number of nitrogens with zero attached hydrogens (tertiary/aromatic N) is 5. The molecule has 1 aliphatic carbocycles. The van der Waals surface area contributed by atoms with Crippen LogP contribution in [0.25, 0.3) is 82.1 Å². The monoisotopic (exact) mass is 675 g/mol. The Bertz CT molecular complexity index is 3130. The maximum atomic E-state index is 10.9. The highest BCUT2D eigenvalue weighted by molar-refractivity contribution is 6.16. The van der Waals surface area contributed by atoms with Crippen LogP contribution in [0.1, 0.15) is 36.1 Å². The summed E-state index contributed by atoms with van der Waals surface area (Å²) in [6.07, 6.45) is 0. The largest absolute Gasteiger partial charge is 0.309 e. The topological polar surface area (TPSA) is 61.8 Å². The second-order valence-corrected chi connectivity index (χ2v) is 14.2. The summed E-state index contributed by atoms with van der Waals surface area (Å²) >= 11 is 0. The van der Waals surface area contributed by atoms with E-state index in [4.69, 9.17) is 6.57 Å². The second-order valence-electron chi connectivity index (χ2n) is 14.2. The smallest absolute Gasteiger partial charge is 0.214 e. The minimum atomic E-state index is -0.204. The van der Waals surface area contributed by atoms with Crippen molar-refractivity contribution in [2.24, 2.45) is 0 Å². The second kappa shape index (κ2) is 11.1. The van der Waals surface area contributed by atoms with Crippen molar-refractivity contribution < 1.29 is 0 Å². The third-order valence-corrected chi connectivity index (χ3v) is 11.3. The molecule has 0 radical (unpaired) electrons. The highest BCUT2D eigenvalue weighted by Crippen LogP contribution is 2.53. The predicted molar refractivity (Wildman–Crippen MR) is 214 cm³/mol. The third kappa shape index (κ3) is 4.04. The number of hydrogen-bond donors (Lipinski definition) is 0. The van der Waals surface area contributed by atoms with Crippen molar-refractivity contribution in [3.63, 3.8) is 0 Å². The zero-order valence-corrected chi connectivity index (χ0v) is 29.0. The van der Waals surface area contributed by atoms with Gasteiger partial charge >= 0.3 is 0 Å². The van der Waals surface area contributed by atoms with Crippen LogP contribution in [-0.4, -0.2) is 9.13 Å². The fraction of sp³-hybridized carbons (Fsp3) is 0.0625. The molecular formula is C48H29N5. The fourth-order valence-electron chi connectivity index (χ4n) is 8.90. The Morgan fingerprint density at radius 2 is 1.17 bits per heavy atom. The molecular weight excluding hydrogens is 647 g/mol. The predicted octanol–water partition coefficient (Wildman–Crippen LogP) is 12.1. The van der Waals surface area contributed by atoms with Crippen molar-refractivity contribution in [1.29, 1.82) is 10.5 Å². The first-order chi connectivity index (χ1) is 26.0.